The monoisotopic (exact) mass is 254 g/mol. The number of carboxylic acid groups (broad SMARTS) is 1. The van der Waals surface area contributed by atoms with Crippen LogP contribution in [-0.2, 0) is 16.0 Å². The van der Waals surface area contributed by atoms with Gasteiger partial charge in [0.1, 0.15) is 6.04 Å². The highest BCUT2D eigenvalue weighted by Gasteiger charge is 2.15. The van der Waals surface area contributed by atoms with E-state index in [-0.39, 0.29) is 0 Å². The number of amides is 1. The molecule has 0 spiro atoms. The average molecular weight is 254 g/mol. The lowest BCUT2D eigenvalue weighted by molar-refractivity contribution is -0.139. The first-order valence-corrected chi connectivity index (χ1v) is 6.28. The van der Waals surface area contributed by atoms with Crippen molar-refractivity contribution in [2.45, 2.75) is 12.5 Å². The van der Waals surface area contributed by atoms with Crippen molar-refractivity contribution >= 4 is 24.1 Å². The van der Waals surface area contributed by atoms with Gasteiger partial charge in [0.05, 0.1) is 0 Å². The SMILES string of the molecule is O=CNC(CSCCc1ccncc1)C(=O)O. The normalized spacial score (nSPS) is 11.8. The standard InChI is InChI=1S/C11H14N2O3S/c14-8-13-10(11(15)16)7-17-6-3-9-1-4-12-5-2-9/h1-2,4-5,8,10H,3,6-7H2,(H,13,14)(H,15,16). The molecule has 0 fully saturated rings. The summed E-state index contributed by atoms with van der Waals surface area (Å²) in [5, 5.41) is 11.0. The Kier molecular flexibility index (Phi) is 6.09. The third-order valence-electron chi connectivity index (χ3n) is 2.14. The number of carbonyl (C=O) groups excluding carboxylic acids is 1. The zero-order valence-electron chi connectivity index (χ0n) is 9.20. The summed E-state index contributed by atoms with van der Waals surface area (Å²) in [7, 11) is 0. The van der Waals surface area contributed by atoms with E-state index in [0.29, 0.717) is 12.2 Å². The van der Waals surface area contributed by atoms with Crippen molar-refractivity contribution in [3.05, 3.63) is 30.1 Å². The van der Waals surface area contributed by atoms with Gasteiger partial charge in [-0.2, -0.15) is 11.8 Å². The van der Waals surface area contributed by atoms with Crippen LogP contribution in [0.15, 0.2) is 24.5 Å². The van der Waals surface area contributed by atoms with Crippen LogP contribution in [0.5, 0.6) is 0 Å². The number of aromatic nitrogens is 1. The van der Waals surface area contributed by atoms with E-state index in [1.807, 2.05) is 12.1 Å². The highest BCUT2D eigenvalue weighted by Crippen LogP contribution is 2.07. The molecule has 92 valence electrons. The van der Waals surface area contributed by atoms with Crippen LogP contribution in [0.2, 0.25) is 0 Å². The predicted molar refractivity (Wildman–Crippen MR) is 65.9 cm³/mol. The number of thioether (sulfide) groups is 1. The third kappa shape index (κ3) is 5.35. The maximum atomic E-state index is 10.7. The summed E-state index contributed by atoms with van der Waals surface area (Å²) in [5.41, 5.74) is 1.17. The van der Waals surface area contributed by atoms with Crippen molar-refractivity contribution in [2.24, 2.45) is 0 Å². The first-order chi connectivity index (χ1) is 8.24. The molecule has 0 saturated carbocycles. The zero-order chi connectivity index (χ0) is 12.5. The summed E-state index contributed by atoms with van der Waals surface area (Å²) < 4.78 is 0. The fourth-order valence-corrected chi connectivity index (χ4v) is 2.23. The summed E-state index contributed by atoms with van der Waals surface area (Å²) in [6.45, 7) is 0. The number of carbonyl (C=O) groups is 2. The Balaban J connectivity index is 2.23. The first-order valence-electron chi connectivity index (χ1n) is 5.13. The number of hydrogen-bond donors (Lipinski definition) is 2. The van der Waals surface area contributed by atoms with Gasteiger partial charge in [-0.1, -0.05) is 0 Å². The van der Waals surface area contributed by atoms with E-state index in [1.54, 1.807) is 12.4 Å². The fourth-order valence-electron chi connectivity index (χ4n) is 1.21. The van der Waals surface area contributed by atoms with E-state index >= 15 is 0 Å². The average Bonchev–Trinajstić information content (AvgIpc) is 2.34. The molecule has 1 unspecified atom stereocenters. The number of nitrogens with one attached hydrogen (secondary N) is 1. The Morgan fingerprint density at radius 1 is 1.53 bits per heavy atom. The van der Waals surface area contributed by atoms with Crippen molar-refractivity contribution < 1.29 is 14.7 Å². The van der Waals surface area contributed by atoms with E-state index in [0.717, 1.165) is 12.2 Å². The van der Waals surface area contributed by atoms with Crippen molar-refractivity contribution in [1.82, 2.24) is 10.3 Å². The van der Waals surface area contributed by atoms with Gasteiger partial charge < -0.3 is 10.4 Å². The maximum absolute atomic E-state index is 10.7. The molecule has 17 heavy (non-hydrogen) atoms. The predicted octanol–water partition coefficient (Wildman–Crippen LogP) is 0.556. The topological polar surface area (TPSA) is 79.3 Å². The zero-order valence-corrected chi connectivity index (χ0v) is 10.0. The first kappa shape index (κ1) is 13.5. The number of pyridine rings is 1. The number of rotatable bonds is 8. The maximum Gasteiger partial charge on any atom is 0.327 e. The van der Waals surface area contributed by atoms with Gasteiger partial charge >= 0.3 is 5.97 Å². The molecule has 0 aromatic carbocycles. The summed E-state index contributed by atoms with van der Waals surface area (Å²) in [5.74, 6) is 0.182. The number of aliphatic carboxylic acids is 1. The Bertz CT molecular complexity index is 359. The van der Waals surface area contributed by atoms with Crippen LogP contribution in [0.4, 0.5) is 0 Å². The number of carboxylic acids is 1. The molecule has 1 heterocycles. The Morgan fingerprint density at radius 3 is 2.82 bits per heavy atom. The Hall–Kier alpha value is -1.56. The number of aryl methyl sites for hydroxylation is 1. The summed E-state index contributed by atoms with van der Waals surface area (Å²) >= 11 is 1.50. The van der Waals surface area contributed by atoms with Gasteiger partial charge in [0.25, 0.3) is 0 Å². The third-order valence-corrected chi connectivity index (χ3v) is 3.20. The van der Waals surface area contributed by atoms with Crippen LogP contribution >= 0.6 is 11.8 Å². The van der Waals surface area contributed by atoms with Crippen molar-refractivity contribution in [2.75, 3.05) is 11.5 Å². The van der Waals surface area contributed by atoms with Crippen LogP contribution in [-0.4, -0.2) is 40.0 Å². The largest absolute Gasteiger partial charge is 0.480 e. The molecule has 0 bridgehead atoms. The minimum absolute atomic E-state index is 0.374. The molecule has 0 aliphatic rings. The van der Waals surface area contributed by atoms with Gasteiger partial charge in [0.2, 0.25) is 6.41 Å². The molecule has 1 aromatic heterocycles. The minimum Gasteiger partial charge on any atom is -0.480 e. The van der Waals surface area contributed by atoms with Crippen LogP contribution in [0.3, 0.4) is 0 Å². The van der Waals surface area contributed by atoms with Gasteiger partial charge in [0.15, 0.2) is 0 Å². The molecule has 0 aliphatic heterocycles. The molecule has 0 saturated heterocycles. The van der Waals surface area contributed by atoms with Crippen LogP contribution < -0.4 is 5.32 Å². The van der Waals surface area contributed by atoms with E-state index in [9.17, 15) is 9.59 Å². The molecule has 5 nitrogen and oxygen atoms in total. The number of nitrogens with zero attached hydrogens (tertiary/aromatic N) is 1. The van der Waals surface area contributed by atoms with Gasteiger partial charge in [-0.3, -0.25) is 9.78 Å². The molecule has 1 amide bonds. The lowest BCUT2D eigenvalue weighted by Crippen LogP contribution is -2.37. The van der Waals surface area contributed by atoms with E-state index in [1.165, 1.54) is 17.3 Å². The Labute approximate surface area is 104 Å². The van der Waals surface area contributed by atoms with Crippen LogP contribution in [0, 0.1) is 0 Å². The van der Waals surface area contributed by atoms with E-state index < -0.39 is 12.0 Å². The highest BCUT2D eigenvalue weighted by molar-refractivity contribution is 7.99. The smallest absolute Gasteiger partial charge is 0.327 e. The minimum atomic E-state index is -1.01. The molecule has 6 heteroatoms. The molecule has 1 atom stereocenters. The highest BCUT2D eigenvalue weighted by atomic mass is 32.2. The molecule has 1 aromatic rings. The second-order valence-electron chi connectivity index (χ2n) is 3.36. The van der Waals surface area contributed by atoms with Crippen LogP contribution in [0.1, 0.15) is 5.56 Å². The second kappa shape index (κ2) is 7.67. The molecular weight excluding hydrogens is 240 g/mol. The molecule has 1 rings (SSSR count). The Morgan fingerprint density at radius 2 is 2.24 bits per heavy atom. The quantitative estimate of drug-likeness (QED) is 0.523. The second-order valence-corrected chi connectivity index (χ2v) is 4.51. The van der Waals surface area contributed by atoms with Gasteiger partial charge in [-0.05, 0) is 29.9 Å². The fraction of sp³-hybridized carbons (Fsp3) is 0.364. The summed E-state index contributed by atoms with van der Waals surface area (Å²) in [4.78, 5) is 24.8. The summed E-state index contributed by atoms with van der Waals surface area (Å²) in [6.07, 6.45) is 4.74. The molecular formula is C11H14N2O3S. The summed E-state index contributed by atoms with van der Waals surface area (Å²) in [6, 6.07) is 3.05. The van der Waals surface area contributed by atoms with E-state index in [4.69, 9.17) is 5.11 Å². The number of hydrogen-bond acceptors (Lipinski definition) is 4. The van der Waals surface area contributed by atoms with Crippen molar-refractivity contribution in [3.8, 4) is 0 Å². The van der Waals surface area contributed by atoms with Gasteiger partial charge in [0, 0.05) is 18.1 Å². The van der Waals surface area contributed by atoms with E-state index in [2.05, 4.69) is 10.3 Å². The van der Waals surface area contributed by atoms with Crippen molar-refractivity contribution in [3.63, 3.8) is 0 Å². The van der Waals surface area contributed by atoms with Gasteiger partial charge in [-0.15, -0.1) is 0 Å². The van der Waals surface area contributed by atoms with Gasteiger partial charge in [-0.25, -0.2) is 4.79 Å². The van der Waals surface area contributed by atoms with Crippen LogP contribution in [0.25, 0.3) is 0 Å². The lowest BCUT2D eigenvalue weighted by atomic mass is 10.2. The molecule has 2 N–H and O–H groups in total. The van der Waals surface area contributed by atoms with Crippen molar-refractivity contribution in [1.29, 1.82) is 0 Å². The molecule has 0 aliphatic carbocycles. The lowest BCUT2D eigenvalue weighted by Gasteiger charge is -2.10. The molecule has 0 radical (unpaired) electrons.